The Bertz CT molecular complexity index is 2960. The van der Waals surface area contributed by atoms with Gasteiger partial charge in [-0.15, -0.1) is 0 Å². The van der Waals surface area contributed by atoms with Crippen LogP contribution in [-0.4, -0.2) is 4.98 Å². The Morgan fingerprint density at radius 2 is 0.962 bits per heavy atom. The lowest BCUT2D eigenvalue weighted by molar-refractivity contribution is 0.592. The molecule has 10 aromatic rings. The maximum atomic E-state index is 15.1. The molecule has 2 aromatic heterocycles. The first kappa shape index (κ1) is 31.2. The monoisotopic (exact) mass is 697 g/mol. The standard InChI is InChI=1S/C49H32NO2P/c51-53(37-19-6-2-7-20-37,38-21-8-3-9-22-38)39-29-27-33(28-30-39)35-17-14-18-36(31-35)46-47-40-23-10-12-25-43(40)50-49(34-15-4-1-5-16-34)42(47)32-45-48(46)41-24-11-13-26-44(41)52-45/h1-32H. The third-order valence-electron chi connectivity index (χ3n) is 10.3. The van der Waals surface area contributed by atoms with Gasteiger partial charge in [-0.3, -0.25) is 0 Å². The minimum atomic E-state index is -3.09. The summed E-state index contributed by atoms with van der Waals surface area (Å²) in [6.45, 7) is 0. The van der Waals surface area contributed by atoms with Gasteiger partial charge in [-0.05, 0) is 41.0 Å². The van der Waals surface area contributed by atoms with Gasteiger partial charge >= 0.3 is 0 Å². The van der Waals surface area contributed by atoms with Crippen molar-refractivity contribution in [3.63, 3.8) is 0 Å². The average Bonchev–Trinajstić information content (AvgIpc) is 3.61. The Morgan fingerprint density at radius 3 is 1.68 bits per heavy atom. The molecule has 0 spiro atoms. The predicted octanol–water partition coefficient (Wildman–Crippen LogP) is 11.9. The molecule has 8 aromatic carbocycles. The lowest BCUT2D eigenvalue weighted by atomic mass is 9.88. The van der Waals surface area contributed by atoms with E-state index in [9.17, 15) is 0 Å². The van der Waals surface area contributed by atoms with E-state index in [1.54, 1.807) is 0 Å². The third-order valence-corrected chi connectivity index (χ3v) is 13.4. The molecule has 4 heteroatoms. The number of benzene rings is 8. The van der Waals surface area contributed by atoms with E-state index in [0.717, 1.165) is 93.0 Å². The van der Waals surface area contributed by atoms with Gasteiger partial charge in [0.15, 0.2) is 7.14 Å². The Balaban J connectivity index is 1.20. The van der Waals surface area contributed by atoms with Crippen molar-refractivity contribution in [2.75, 3.05) is 0 Å². The predicted molar refractivity (Wildman–Crippen MR) is 222 cm³/mol. The van der Waals surface area contributed by atoms with Gasteiger partial charge in [0, 0.05) is 54.0 Å². The van der Waals surface area contributed by atoms with Crippen molar-refractivity contribution >= 4 is 66.7 Å². The molecule has 0 amide bonds. The van der Waals surface area contributed by atoms with Crippen LogP contribution in [0.4, 0.5) is 0 Å². The Kier molecular flexibility index (Phi) is 7.42. The molecule has 0 atom stereocenters. The smallest absolute Gasteiger partial charge is 0.171 e. The van der Waals surface area contributed by atoms with Crippen LogP contribution in [0.5, 0.6) is 0 Å². The number of fused-ring (bicyclic) bond motifs is 6. The van der Waals surface area contributed by atoms with Gasteiger partial charge < -0.3 is 8.98 Å². The van der Waals surface area contributed by atoms with Crippen LogP contribution < -0.4 is 15.9 Å². The number of aromatic nitrogens is 1. The number of rotatable bonds is 6. The van der Waals surface area contributed by atoms with Crippen LogP contribution in [0.3, 0.4) is 0 Å². The molecular weight excluding hydrogens is 666 g/mol. The van der Waals surface area contributed by atoms with E-state index in [1.807, 2.05) is 91.0 Å². The molecule has 0 fully saturated rings. The van der Waals surface area contributed by atoms with Crippen molar-refractivity contribution < 1.29 is 8.98 Å². The number of hydrogen-bond donors (Lipinski definition) is 0. The van der Waals surface area contributed by atoms with Crippen LogP contribution in [0.25, 0.3) is 77.1 Å². The van der Waals surface area contributed by atoms with Crippen LogP contribution in [0, 0.1) is 0 Å². The third kappa shape index (κ3) is 5.12. The molecule has 3 nitrogen and oxygen atoms in total. The summed E-state index contributed by atoms with van der Waals surface area (Å²) in [6.07, 6.45) is 0. The fraction of sp³-hybridized carbons (Fsp3) is 0. The van der Waals surface area contributed by atoms with Gasteiger partial charge in [0.2, 0.25) is 0 Å². The first-order chi connectivity index (χ1) is 26.2. The topological polar surface area (TPSA) is 43.1 Å². The fourth-order valence-electron chi connectivity index (χ4n) is 7.86. The van der Waals surface area contributed by atoms with Crippen LogP contribution in [-0.2, 0) is 4.57 Å². The van der Waals surface area contributed by atoms with Crippen LogP contribution in [0.1, 0.15) is 0 Å². The SMILES string of the molecule is O=P(c1ccccc1)(c1ccccc1)c1ccc(-c2cccc(-c3c4c(cc5c(-c6ccccc6)nc6ccccc6c35)oc3ccccc34)c2)cc1. The van der Waals surface area contributed by atoms with Gasteiger partial charge in [0.05, 0.1) is 11.2 Å². The quantitative estimate of drug-likeness (QED) is 0.128. The number of furan rings is 1. The lowest BCUT2D eigenvalue weighted by Crippen LogP contribution is -2.24. The Hall–Kier alpha value is -6.54. The van der Waals surface area contributed by atoms with Crippen molar-refractivity contribution in [3.05, 3.63) is 194 Å². The largest absolute Gasteiger partial charge is 0.456 e. The highest BCUT2D eigenvalue weighted by atomic mass is 31.2. The second kappa shape index (κ2) is 12.6. The summed E-state index contributed by atoms with van der Waals surface area (Å²) >= 11 is 0. The summed E-state index contributed by atoms with van der Waals surface area (Å²) < 4.78 is 21.7. The molecule has 0 bridgehead atoms. The molecule has 0 radical (unpaired) electrons. The van der Waals surface area contributed by atoms with Gasteiger partial charge in [0.1, 0.15) is 11.2 Å². The molecular formula is C49H32NO2P. The van der Waals surface area contributed by atoms with E-state index in [2.05, 4.69) is 103 Å². The average molecular weight is 698 g/mol. The van der Waals surface area contributed by atoms with Crippen LogP contribution in [0.15, 0.2) is 199 Å². The van der Waals surface area contributed by atoms with Crippen molar-refractivity contribution in [3.8, 4) is 33.5 Å². The highest BCUT2D eigenvalue weighted by Gasteiger charge is 2.29. The van der Waals surface area contributed by atoms with E-state index in [1.165, 1.54) is 0 Å². The molecule has 250 valence electrons. The summed E-state index contributed by atoms with van der Waals surface area (Å²) in [5, 5.41) is 7.90. The zero-order valence-electron chi connectivity index (χ0n) is 28.7. The molecule has 0 aliphatic rings. The van der Waals surface area contributed by atoms with Crippen LogP contribution in [0.2, 0.25) is 0 Å². The van der Waals surface area contributed by atoms with Crippen molar-refractivity contribution in [2.24, 2.45) is 0 Å². The molecule has 10 rings (SSSR count). The zero-order chi connectivity index (χ0) is 35.4. The van der Waals surface area contributed by atoms with Crippen molar-refractivity contribution in [1.82, 2.24) is 4.98 Å². The Labute approximate surface area is 307 Å². The first-order valence-corrected chi connectivity index (χ1v) is 19.5. The highest BCUT2D eigenvalue weighted by Crippen LogP contribution is 2.47. The molecule has 53 heavy (non-hydrogen) atoms. The molecule has 0 saturated carbocycles. The van der Waals surface area contributed by atoms with Crippen molar-refractivity contribution in [2.45, 2.75) is 0 Å². The first-order valence-electron chi connectivity index (χ1n) is 17.8. The minimum absolute atomic E-state index is 0.808. The molecule has 0 aliphatic carbocycles. The second-order valence-electron chi connectivity index (χ2n) is 13.4. The summed E-state index contributed by atoms with van der Waals surface area (Å²) in [4.78, 5) is 5.24. The van der Waals surface area contributed by atoms with E-state index >= 15 is 4.57 Å². The number of para-hydroxylation sites is 2. The van der Waals surface area contributed by atoms with Crippen LogP contribution >= 0.6 is 7.14 Å². The number of hydrogen-bond acceptors (Lipinski definition) is 3. The minimum Gasteiger partial charge on any atom is -0.456 e. The van der Waals surface area contributed by atoms with Gasteiger partial charge in [-0.25, -0.2) is 4.98 Å². The highest BCUT2D eigenvalue weighted by molar-refractivity contribution is 7.85. The molecule has 0 saturated heterocycles. The van der Waals surface area contributed by atoms with Crippen molar-refractivity contribution in [1.29, 1.82) is 0 Å². The summed E-state index contributed by atoms with van der Waals surface area (Å²) in [6, 6.07) is 66.0. The van der Waals surface area contributed by atoms with E-state index in [-0.39, 0.29) is 0 Å². The Morgan fingerprint density at radius 1 is 0.396 bits per heavy atom. The van der Waals surface area contributed by atoms with E-state index in [0.29, 0.717) is 0 Å². The number of pyridine rings is 1. The molecule has 0 N–H and O–H groups in total. The maximum Gasteiger partial charge on any atom is 0.171 e. The maximum absolute atomic E-state index is 15.1. The van der Waals surface area contributed by atoms with Gasteiger partial charge in [0.25, 0.3) is 0 Å². The normalized spacial score (nSPS) is 11.8. The fourth-order valence-corrected chi connectivity index (χ4v) is 10.5. The van der Waals surface area contributed by atoms with E-state index in [4.69, 9.17) is 9.40 Å². The second-order valence-corrected chi connectivity index (χ2v) is 16.2. The summed E-state index contributed by atoms with van der Waals surface area (Å²) in [5.41, 5.74) is 8.94. The number of nitrogens with zero attached hydrogens (tertiary/aromatic N) is 1. The van der Waals surface area contributed by atoms with E-state index < -0.39 is 7.14 Å². The molecule has 0 aliphatic heterocycles. The summed E-state index contributed by atoms with van der Waals surface area (Å²) in [5.74, 6) is 0. The van der Waals surface area contributed by atoms with Gasteiger partial charge in [-0.2, -0.15) is 0 Å². The molecule has 0 unspecified atom stereocenters. The summed E-state index contributed by atoms with van der Waals surface area (Å²) in [7, 11) is -3.09. The zero-order valence-corrected chi connectivity index (χ0v) is 29.6. The van der Waals surface area contributed by atoms with Gasteiger partial charge in [-0.1, -0.05) is 170 Å². The lowest BCUT2D eigenvalue weighted by Gasteiger charge is -2.20. The molecule has 2 heterocycles.